The molecule has 5 heteroatoms. The summed E-state index contributed by atoms with van der Waals surface area (Å²) in [5.41, 5.74) is 6.69. The Morgan fingerprint density at radius 1 is 1.07 bits per heavy atom. The van der Waals surface area contributed by atoms with Crippen LogP contribution in [0, 0.1) is 20.8 Å². The van der Waals surface area contributed by atoms with Crippen molar-refractivity contribution in [3.8, 4) is 16.9 Å². The van der Waals surface area contributed by atoms with Crippen LogP contribution < -0.4 is 10.1 Å². The molecule has 0 saturated heterocycles. The minimum atomic E-state index is -0.280. The summed E-state index contributed by atoms with van der Waals surface area (Å²) in [5.74, 6) is 0.615. The standard InChI is InChI=1S/C24H31NO4/c1-6-23(27)25-11-8-12-28-21-13-16(2)24(17(3)14-21)22-10-7-9-20(18(22)4)15-29-19(5)26/h7,9-10,13-14H,6,8,11-12,15H2,1-5H3,(H,25,27). The summed E-state index contributed by atoms with van der Waals surface area (Å²) >= 11 is 0. The second kappa shape index (κ2) is 10.6. The lowest BCUT2D eigenvalue weighted by molar-refractivity contribution is -0.142. The predicted octanol–water partition coefficient (Wildman–Crippen LogP) is 4.64. The highest BCUT2D eigenvalue weighted by Crippen LogP contribution is 2.34. The minimum Gasteiger partial charge on any atom is -0.494 e. The molecule has 0 aliphatic rings. The number of nitrogens with one attached hydrogen (secondary N) is 1. The van der Waals surface area contributed by atoms with Gasteiger partial charge in [-0.05, 0) is 72.7 Å². The molecule has 2 rings (SSSR count). The summed E-state index contributed by atoms with van der Waals surface area (Å²) < 4.78 is 11.1. The van der Waals surface area contributed by atoms with Gasteiger partial charge >= 0.3 is 5.97 Å². The Labute approximate surface area is 173 Å². The number of carbonyl (C=O) groups is 2. The van der Waals surface area contributed by atoms with Crippen molar-refractivity contribution >= 4 is 11.9 Å². The van der Waals surface area contributed by atoms with Crippen molar-refractivity contribution in [2.24, 2.45) is 0 Å². The van der Waals surface area contributed by atoms with Crippen LogP contribution in [-0.4, -0.2) is 25.0 Å². The van der Waals surface area contributed by atoms with Gasteiger partial charge in [-0.1, -0.05) is 25.1 Å². The highest BCUT2D eigenvalue weighted by atomic mass is 16.5. The number of carbonyl (C=O) groups excluding carboxylic acids is 2. The van der Waals surface area contributed by atoms with Crippen molar-refractivity contribution in [1.29, 1.82) is 0 Å². The second-order valence-corrected chi connectivity index (χ2v) is 7.21. The van der Waals surface area contributed by atoms with E-state index in [1.54, 1.807) is 0 Å². The molecule has 0 aliphatic carbocycles. The molecule has 5 nitrogen and oxygen atoms in total. The molecule has 0 heterocycles. The third kappa shape index (κ3) is 6.34. The lowest BCUT2D eigenvalue weighted by atomic mass is 9.90. The Morgan fingerprint density at radius 2 is 1.76 bits per heavy atom. The Morgan fingerprint density at radius 3 is 2.38 bits per heavy atom. The molecule has 0 fully saturated rings. The lowest BCUT2D eigenvalue weighted by Gasteiger charge is -2.17. The van der Waals surface area contributed by atoms with Gasteiger partial charge in [-0.2, -0.15) is 0 Å². The summed E-state index contributed by atoms with van der Waals surface area (Å²) in [6.07, 6.45) is 1.27. The predicted molar refractivity (Wildman–Crippen MR) is 115 cm³/mol. The van der Waals surface area contributed by atoms with Gasteiger partial charge in [-0.3, -0.25) is 9.59 Å². The van der Waals surface area contributed by atoms with Gasteiger partial charge in [-0.25, -0.2) is 0 Å². The zero-order valence-corrected chi connectivity index (χ0v) is 18.1. The third-order valence-corrected chi connectivity index (χ3v) is 4.89. The van der Waals surface area contributed by atoms with Gasteiger partial charge in [0.05, 0.1) is 6.61 Å². The molecule has 0 aliphatic heterocycles. The molecule has 0 aromatic heterocycles. The van der Waals surface area contributed by atoms with Crippen LogP contribution in [0.2, 0.25) is 0 Å². The number of esters is 1. The summed E-state index contributed by atoms with van der Waals surface area (Å²) in [5, 5.41) is 2.85. The van der Waals surface area contributed by atoms with Crippen LogP contribution in [0.5, 0.6) is 5.75 Å². The normalized spacial score (nSPS) is 10.5. The zero-order valence-electron chi connectivity index (χ0n) is 18.1. The Kier molecular flexibility index (Phi) is 8.25. The van der Waals surface area contributed by atoms with Crippen molar-refractivity contribution in [2.45, 2.75) is 54.1 Å². The molecule has 0 bridgehead atoms. The SMILES string of the molecule is CCC(=O)NCCCOc1cc(C)c(-c2cccc(COC(C)=O)c2C)c(C)c1. The molecule has 1 N–H and O–H groups in total. The van der Waals surface area contributed by atoms with Crippen LogP contribution in [0.1, 0.15) is 48.9 Å². The van der Waals surface area contributed by atoms with E-state index in [-0.39, 0.29) is 18.5 Å². The number of amides is 1. The van der Waals surface area contributed by atoms with Crippen LogP contribution in [-0.2, 0) is 20.9 Å². The highest BCUT2D eigenvalue weighted by molar-refractivity contribution is 5.76. The van der Waals surface area contributed by atoms with Gasteiger partial charge in [0, 0.05) is 19.9 Å². The third-order valence-electron chi connectivity index (χ3n) is 4.89. The topological polar surface area (TPSA) is 64.6 Å². The Hall–Kier alpha value is -2.82. The van der Waals surface area contributed by atoms with E-state index in [0.29, 0.717) is 19.6 Å². The maximum atomic E-state index is 11.3. The summed E-state index contributed by atoms with van der Waals surface area (Å²) in [6, 6.07) is 10.2. The number of hydrogen-bond donors (Lipinski definition) is 1. The summed E-state index contributed by atoms with van der Waals surface area (Å²) in [4.78, 5) is 22.4. The van der Waals surface area contributed by atoms with Crippen molar-refractivity contribution in [3.63, 3.8) is 0 Å². The maximum Gasteiger partial charge on any atom is 0.302 e. The van der Waals surface area contributed by atoms with E-state index in [9.17, 15) is 9.59 Å². The van der Waals surface area contributed by atoms with Crippen LogP contribution in [0.3, 0.4) is 0 Å². The second-order valence-electron chi connectivity index (χ2n) is 7.21. The molecular formula is C24H31NO4. The van der Waals surface area contributed by atoms with E-state index in [1.807, 2.05) is 31.2 Å². The van der Waals surface area contributed by atoms with Crippen LogP contribution in [0.4, 0.5) is 0 Å². The van der Waals surface area contributed by atoms with Crippen LogP contribution >= 0.6 is 0 Å². The summed E-state index contributed by atoms with van der Waals surface area (Å²) in [6.45, 7) is 10.9. The van der Waals surface area contributed by atoms with Crippen molar-refractivity contribution in [2.75, 3.05) is 13.2 Å². The van der Waals surface area contributed by atoms with Gasteiger partial charge in [-0.15, -0.1) is 0 Å². The molecule has 0 unspecified atom stereocenters. The molecule has 29 heavy (non-hydrogen) atoms. The van der Waals surface area contributed by atoms with Gasteiger partial charge in [0.2, 0.25) is 5.91 Å². The average molecular weight is 398 g/mol. The zero-order chi connectivity index (χ0) is 21.4. The van der Waals surface area contributed by atoms with Gasteiger partial charge in [0.1, 0.15) is 12.4 Å². The van der Waals surface area contributed by atoms with Gasteiger partial charge in [0.25, 0.3) is 0 Å². The molecule has 0 atom stereocenters. The molecule has 0 radical (unpaired) electrons. The monoisotopic (exact) mass is 397 g/mol. The number of hydrogen-bond acceptors (Lipinski definition) is 4. The molecular weight excluding hydrogens is 366 g/mol. The molecule has 0 saturated carbocycles. The number of aryl methyl sites for hydroxylation is 2. The Bertz CT molecular complexity index is 850. The van der Waals surface area contributed by atoms with E-state index in [0.717, 1.165) is 40.0 Å². The van der Waals surface area contributed by atoms with Gasteiger partial charge in [0.15, 0.2) is 0 Å². The first-order valence-electron chi connectivity index (χ1n) is 10.1. The molecule has 2 aromatic carbocycles. The van der Waals surface area contributed by atoms with E-state index in [1.165, 1.54) is 12.5 Å². The molecule has 156 valence electrons. The van der Waals surface area contributed by atoms with E-state index in [2.05, 4.69) is 32.2 Å². The minimum absolute atomic E-state index is 0.0624. The molecule has 1 amide bonds. The Balaban J connectivity index is 2.12. The lowest BCUT2D eigenvalue weighted by Crippen LogP contribution is -2.24. The van der Waals surface area contributed by atoms with E-state index < -0.39 is 0 Å². The van der Waals surface area contributed by atoms with Crippen molar-refractivity contribution < 1.29 is 19.1 Å². The number of benzene rings is 2. The fourth-order valence-corrected chi connectivity index (χ4v) is 3.34. The number of ether oxygens (including phenoxy) is 2. The fourth-order valence-electron chi connectivity index (χ4n) is 3.34. The van der Waals surface area contributed by atoms with E-state index >= 15 is 0 Å². The fraction of sp³-hybridized carbons (Fsp3) is 0.417. The maximum absolute atomic E-state index is 11.3. The highest BCUT2D eigenvalue weighted by Gasteiger charge is 2.13. The van der Waals surface area contributed by atoms with Crippen molar-refractivity contribution in [1.82, 2.24) is 5.32 Å². The number of rotatable bonds is 9. The molecule has 0 spiro atoms. The average Bonchev–Trinajstić information content (AvgIpc) is 2.67. The first-order valence-corrected chi connectivity index (χ1v) is 10.1. The van der Waals surface area contributed by atoms with Crippen LogP contribution in [0.25, 0.3) is 11.1 Å². The van der Waals surface area contributed by atoms with Crippen molar-refractivity contribution in [3.05, 3.63) is 52.6 Å². The first kappa shape index (κ1) is 22.5. The smallest absolute Gasteiger partial charge is 0.302 e. The van der Waals surface area contributed by atoms with Crippen LogP contribution in [0.15, 0.2) is 30.3 Å². The first-order chi connectivity index (χ1) is 13.8. The summed E-state index contributed by atoms with van der Waals surface area (Å²) in [7, 11) is 0. The quantitative estimate of drug-likeness (QED) is 0.495. The van der Waals surface area contributed by atoms with E-state index in [4.69, 9.17) is 9.47 Å². The molecule has 2 aromatic rings. The largest absolute Gasteiger partial charge is 0.494 e. The van der Waals surface area contributed by atoms with Gasteiger partial charge < -0.3 is 14.8 Å².